The number of ether oxygens (including phenoxy) is 1. The molecule has 0 saturated carbocycles. The summed E-state index contributed by atoms with van der Waals surface area (Å²) in [6.07, 6.45) is 0. The third-order valence-electron chi connectivity index (χ3n) is 2.93. The van der Waals surface area contributed by atoms with Gasteiger partial charge in [0, 0.05) is 11.1 Å². The number of rotatable bonds is 1. The normalized spacial score (nSPS) is 11.2. The van der Waals surface area contributed by atoms with Crippen molar-refractivity contribution in [1.29, 1.82) is 0 Å². The number of fused-ring (bicyclic) bond motifs is 3. The van der Waals surface area contributed by atoms with Crippen LogP contribution in [0.5, 0.6) is 5.75 Å². The van der Waals surface area contributed by atoms with E-state index in [9.17, 15) is 4.79 Å². The maximum atomic E-state index is 12.1. The molecule has 2 heteroatoms. The molecule has 1 aliphatic rings. The van der Waals surface area contributed by atoms with Gasteiger partial charge in [-0.05, 0) is 29.3 Å². The molecule has 0 saturated heterocycles. The van der Waals surface area contributed by atoms with Gasteiger partial charge in [0.05, 0.1) is 7.11 Å². The van der Waals surface area contributed by atoms with Gasteiger partial charge < -0.3 is 4.74 Å². The molecule has 0 unspecified atom stereocenters. The molecular formula is C16H16O2. The van der Waals surface area contributed by atoms with Crippen LogP contribution in [0.3, 0.4) is 0 Å². The van der Waals surface area contributed by atoms with E-state index >= 15 is 0 Å². The Labute approximate surface area is 107 Å². The first-order valence-corrected chi connectivity index (χ1v) is 6.13. The van der Waals surface area contributed by atoms with E-state index in [2.05, 4.69) is 0 Å². The van der Waals surface area contributed by atoms with Crippen LogP contribution in [0.1, 0.15) is 29.8 Å². The average Bonchev–Trinajstić information content (AvgIpc) is 2.75. The number of methoxy groups -OCH3 is 1. The van der Waals surface area contributed by atoms with Gasteiger partial charge in [0.25, 0.3) is 0 Å². The number of benzene rings is 2. The predicted molar refractivity (Wildman–Crippen MR) is 73.2 cm³/mol. The summed E-state index contributed by atoms with van der Waals surface area (Å²) < 4.78 is 5.13. The van der Waals surface area contributed by atoms with Crippen LogP contribution in [0.2, 0.25) is 0 Å². The SMILES string of the molecule is CC.COc1ccc2c(c1)C(=O)c1ccccc1-2. The Balaban J connectivity index is 0.000000574. The molecular weight excluding hydrogens is 224 g/mol. The highest BCUT2D eigenvalue weighted by molar-refractivity contribution is 6.21. The fourth-order valence-electron chi connectivity index (χ4n) is 2.13. The molecule has 2 nitrogen and oxygen atoms in total. The fraction of sp³-hybridized carbons (Fsp3) is 0.188. The molecule has 0 aliphatic heterocycles. The van der Waals surface area contributed by atoms with Crippen LogP contribution in [0.15, 0.2) is 42.5 Å². The van der Waals surface area contributed by atoms with Crippen molar-refractivity contribution in [2.24, 2.45) is 0 Å². The van der Waals surface area contributed by atoms with Crippen LogP contribution in [0.4, 0.5) is 0 Å². The van der Waals surface area contributed by atoms with Gasteiger partial charge >= 0.3 is 0 Å². The third-order valence-corrected chi connectivity index (χ3v) is 2.93. The Kier molecular flexibility index (Phi) is 3.47. The van der Waals surface area contributed by atoms with Gasteiger partial charge in [-0.15, -0.1) is 0 Å². The van der Waals surface area contributed by atoms with Crippen LogP contribution < -0.4 is 4.74 Å². The van der Waals surface area contributed by atoms with Gasteiger partial charge in [-0.1, -0.05) is 38.1 Å². The van der Waals surface area contributed by atoms with Crippen LogP contribution in [0, 0.1) is 0 Å². The Morgan fingerprint density at radius 2 is 1.44 bits per heavy atom. The van der Waals surface area contributed by atoms with Crippen molar-refractivity contribution in [2.75, 3.05) is 7.11 Å². The van der Waals surface area contributed by atoms with Crippen molar-refractivity contribution < 1.29 is 9.53 Å². The highest BCUT2D eigenvalue weighted by Gasteiger charge is 2.26. The maximum Gasteiger partial charge on any atom is 0.194 e. The van der Waals surface area contributed by atoms with Crippen LogP contribution in [-0.4, -0.2) is 12.9 Å². The lowest BCUT2D eigenvalue weighted by Gasteiger charge is -2.02. The molecule has 0 heterocycles. The molecule has 2 aromatic carbocycles. The highest BCUT2D eigenvalue weighted by Crippen LogP contribution is 2.37. The molecule has 0 fully saturated rings. The first-order valence-electron chi connectivity index (χ1n) is 6.13. The third kappa shape index (κ3) is 1.80. The second-order valence-electron chi connectivity index (χ2n) is 3.79. The zero-order chi connectivity index (χ0) is 13.1. The Morgan fingerprint density at radius 1 is 0.833 bits per heavy atom. The lowest BCUT2D eigenvalue weighted by molar-refractivity contribution is 0.104. The summed E-state index contributed by atoms with van der Waals surface area (Å²) in [6, 6.07) is 13.3. The van der Waals surface area contributed by atoms with Crippen molar-refractivity contribution in [3.8, 4) is 16.9 Å². The Hall–Kier alpha value is -2.09. The quantitative estimate of drug-likeness (QED) is 0.644. The minimum absolute atomic E-state index is 0.0875. The van der Waals surface area contributed by atoms with E-state index < -0.39 is 0 Å². The minimum Gasteiger partial charge on any atom is -0.497 e. The summed E-state index contributed by atoms with van der Waals surface area (Å²) in [6.45, 7) is 4.00. The first-order chi connectivity index (χ1) is 8.81. The summed E-state index contributed by atoms with van der Waals surface area (Å²) in [5, 5.41) is 0. The molecule has 0 radical (unpaired) electrons. The van der Waals surface area contributed by atoms with E-state index in [1.165, 1.54) is 0 Å². The molecule has 0 aromatic heterocycles. The standard InChI is InChI=1S/C14H10O2.C2H6/c1-16-9-6-7-11-10-4-2-3-5-12(10)14(15)13(11)8-9;1-2/h2-8H,1H3;1-2H3. The molecule has 3 rings (SSSR count). The highest BCUT2D eigenvalue weighted by atomic mass is 16.5. The molecule has 0 atom stereocenters. The topological polar surface area (TPSA) is 26.3 Å². The van der Waals surface area contributed by atoms with Crippen molar-refractivity contribution >= 4 is 5.78 Å². The molecule has 0 amide bonds. The molecule has 1 aliphatic carbocycles. The largest absolute Gasteiger partial charge is 0.497 e. The zero-order valence-electron chi connectivity index (χ0n) is 10.9. The van der Waals surface area contributed by atoms with Gasteiger partial charge in [-0.2, -0.15) is 0 Å². The second-order valence-corrected chi connectivity index (χ2v) is 3.79. The fourth-order valence-corrected chi connectivity index (χ4v) is 2.13. The summed E-state index contributed by atoms with van der Waals surface area (Å²) in [5.74, 6) is 0.810. The van der Waals surface area contributed by atoms with Crippen LogP contribution in [-0.2, 0) is 0 Å². The Bertz CT molecular complexity index is 585. The predicted octanol–water partition coefficient (Wildman–Crippen LogP) is 3.93. The number of hydrogen-bond donors (Lipinski definition) is 0. The van der Waals surface area contributed by atoms with Crippen molar-refractivity contribution in [3.05, 3.63) is 53.6 Å². The monoisotopic (exact) mass is 240 g/mol. The number of carbonyl (C=O) groups excluding carboxylic acids is 1. The van der Waals surface area contributed by atoms with Crippen molar-refractivity contribution in [1.82, 2.24) is 0 Å². The van der Waals surface area contributed by atoms with E-state index in [0.29, 0.717) is 0 Å². The Morgan fingerprint density at radius 3 is 2.11 bits per heavy atom. The summed E-state index contributed by atoms with van der Waals surface area (Å²) in [7, 11) is 1.61. The summed E-state index contributed by atoms with van der Waals surface area (Å²) in [5.41, 5.74) is 3.54. The van der Waals surface area contributed by atoms with Gasteiger partial charge in [-0.3, -0.25) is 4.79 Å². The lowest BCUT2D eigenvalue weighted by Crippen LogP contribution is -1.95. The van der Waals surface area contributed by atoms with Gasteiger partial charge in [-0.25, -0.2) is 0 Å². The molecule has 0 bridgehead atoms. The lowest BCUT2D eigenvalue weighted by atomic mass is 10.1. The number of ketones is 1. The second kappa shape index (κ2) is 5.05. The zero-order valence-corrected chi connectivity index (χ0v) is 10.9. The van der Waals surface area contributed by atoms with E-state index in [1.54, 1.807) is 13.2 Å². The van der Waals surface area contributed by atoms with E-state index in [-0.39, 0.29) is 5.78 Å². The maximum absolute atomic E-state index is 12.1. The number of carbonyl (C=O) groups is 1. The first kappa shape index (κ1) is 12.4. The molecule has 0 N–H and O–H groups in total. The molecule has 2 aromatic rings. The van der Waals surface area contributed by atoms with E-state index in [1.807, 2.05) is 50.2 Å². The van der Waals surface area contributed by atoms with Gasteiger partial charge in [0.15, 0.2) is 5.78 Å². The van der Waals surface area contributed by atoms with Gasteiger partial charge in [0.1, 0.15) is 5.75 Å². The minimum atomic E-state index is 0.0875. The van der Waals surface area contributed by atoms with Crippen LogP contribution in [0.25, 0.3) is 11.1 Å². The molecule has 18 heavy (non-hydrogen) atoms. The van der Waals surface area contributed by atoms with E-state index in [4.69, 9.17) is 4.74 Å². The van der Waals surface area contributed by atoms with Crippen LogP contribution >= 0.6 is 0 Å². The average molecular weight is 240 g/mol. The summed E-state index contributed by atoms with van der Waals surface area (Å²) >= 11 is 0. The number of hydrogen-bond acceptors (Lipinski definition) is 2. The van der Waals surface area contributed by atoms with Crippen molar-refractivity contribution in [3.63, 3.8) is 0 Å². The molecule has 0 spiro atoms. The van der Waals surface area contributed by atoms with E-state index in [0.717, 1.165) is 28.0 Å². The smallest absolute Gasteiger partial charge is 0.194 e. The summed E-state index contributed by atoms with van der Waals surface area (Å²) in [4.78, 5) is 12.1. The van der Waals surface area contributed by atoms with Gasteiger partial charge in [0.2, 0.25) is 0 Å². The molecule has 92 valence electrons. The van der Waals surface area contributed by atoms with Crippen molar-refractivity contribution in [2.45, 2.75) is 13.8 Å².